The normalized spacial score (nSPS) is 10.8. The predicted octanol–water partition coefficient (Wildman–Crippen LogP) is 4.03. The van der Waals surface area contributed by atoms with E-state index in [1.165, 1.54) is 24.0 Å². The first kappa shape index (κ1) is 13.4. The molecule has 0 saturated carbocycles. The zero-order chi connectivity index (χ0) is 12.0. The minimum Gasteiger partial charge on any atom is -0.491 e. The minimum absolute atomic E-state index is 0.244. The van der Waals surface area contributed by atoms with Crippen LogP contribution in [0.1, 0.15) is 37.8 Å². The second-order valence-electron chi connectivity index (χ2n) is 4.45. The second kappa shape index (κ2) is 6.85. The summed E-state index contributed by atoms with van der Waals surface area (Å²) in [5.74, 6) is 1.99. The van der Waals surface area contributed by atoms with Crippen molar-refractivity contribution in [2.45, 2.75) is 46.1 Å². The monoisotopic (exact) mass is 238 g/mol. The van der Waals surface area contributed by atoms with Gasteiger partial charge in [-0.15, -0.1) is 0 Å². The summed E-state index contributed by atoms with van der Waals surface area (Å²) in [7, 11) is 0. The molecule has 1 aromatic carbocycles. The lowest BCUT2D eigenvalue weighted by Crippen LogP contribution is -2.06. The number of unbranched alkanes of at least 4 members (excludes halogenated alkanes) is 1. The Bertz CT molecular complexity index is 321. The summed E-state index contributed by atoms with van der Waals surface area (Å²) in [5, 5.41) is 0. The van der Waals surface area contributed by atoms with Gasteiger partial charge in [0.15, 0.2) is 0 Å². The van der Waals surface area contributed by atoms with Crippen molar-refractivity contribution in [2.75, 3.05) is 5.75 Å². The summed E-state index contributed by atoms with van der Waals surface area (Å²) < 4.78 is 5.71. The number of hydrogen-bond acceptors (Lipinski definition) is 2. The molecule has 0 heterocycles. The lowest BCUT2D eigenvalue weighted by Gasteiger charge is -2.13. The van der Waals surface area contributed by atoms with Crippen LogP contribution in [0.3, 0.4) is 0 Å². The zero-order valence-corrected chi connectivity index (χ0v) is 11.4. The van der Waals surface area contributed by atoms with Gasteiger partial charge in [-0.1, -0.05) is 12.1 Å². The highest BCUT2D eigenvalue weighted by Crippen LogP contribution is 2.21. The van der Waals surface area contributed by atoms with Gasteiger partial charge >= 0.3 is 0 Å². The van der Waals surface area contributed by atoms with Gasteiger partial charge in [-0.2, -0.15) is 12.6 Å². The number of benzene rings is 1. The van der Waals surface area contributed by atoms with Gasteiger partial charge < -0.3 is 4.74 Å². The fourth-order valence-electron chi connectivity index (χ4n) is 1.69. The molecule has 1 aromatic rings. The summed E-state index contributed by atoms with van der Waals surface area (Å²) in [4.78, 5) is 0. The van der Waals surface area contributed by atoms with Crippen LogP contribution in [-0.4, -0.2) is 11.9 Å². The predicted molar refractivity (Wildman–Crippen MR) is 73.7 cm³/mol. The fourth-order valence-corrected chi connectivity index (χ4v) is 1.92. The SMILES string of the molecule is Cc1cc(CCCCS)ccc1OC(C)C. The van der Waals surface area contributed by atoms with E-state index in [1.807, 2.05) is 0 Å². The maximum Gasteiger partial charge on any atom is 0.122 e. The summed E-state index contributed by atoms with van der Waals surface area (Å²) >= 11 is 4.22. The first-order valence-electron chi connectivity index (χ1n) is 6.00. The molecular formula is C14H22OS. The van der Waals surface area contributed by atoms with Crippen molar-refractivity contribution < 1.29 is 4.74 Å². The number of ether oxygens (including phenoxy) is 1. The topological polar surface area (TPSA) is 9.23 Å². The van der Waals surface area contributed by atoms with Crippen LogP contribution in [0, 0.1) is 6.92 Å². The average molecular weight is 238 g/mol. The molecule has 0 aliphatic rings. The van der Waals surface area contributed by atoms with E-state index in [2.05, 4.69) is 51.6 Å². The second-order valence-corrected chi connectivity index (χ2v) is 4.89. The van der Waals surface area contributed by atoms with Crippen molar-refractivity contribution in [3.63, 3.8) is 0 Å². The maximum absolute atomic E-state index is 5.71. The van der Waals surface area contributed by atoms with Crippen LogP contribution in [0.4, 0.5) is 0 Å². The highest BCUT2D eigenvalue weighted by molar-refractivity contribution is 7.80. The number of thiol groups is 1. The Labute approximate surface area is 105 Å². The Kier molecular flexibility index (Phi) is 5.75. The van der Waals surface area contributed by atoms with Crippen LogP contribution in [0.2, 0.25) is 0 Å². The molecule has 16 heavy (non-hydrogen) atoms. The Balaban J connectivity index is 2.60. The van der Waals surface area contributed by atoms with Crippen LogP contribution in [0.15, 0.2) is 18.2 Å². The lowest BCUT2D eigenvalue weighted by atomic mass is 10.1. The molecule has 0 aliphatic heterocycles. The molecule has 0 radical (unpaired) electrons. The van der Waals surface area contributed by atoms with Gasteiger partial charge in [-0.3, -0.25) is 0 Å². The molecule has 1 rings (SSSR count). The smallest absolute Gasteiger partial charge is 0.122 e. The molecule has 0 fully saturated rings. The Morgan fingerprint density at radius 2 is 2.00 bits per heavy atom. The molecule has 2 heteroatoms. The molecule has 0 spiro atoms. The van der Waals surface area contributed by atoms with Crippen LogP contribution >= 0.6 is 12.6 Å². The zero-order valence-electron chi connectivity index (χ0n) is 10.5. The van der Waals surface area contributed by atoms with Gasteiger partial charge in [0, 0.05) is 0 Å². The van der Waals surface area contributed by atoms with Crippen molar-refractivity contribution >= 4 is 12.6 Å². The van der Waals surface area contributed by atoms with Crippen molar-refractivity contribution in [3.05, 3.63) is 29.3 Å². The van der Waals surface area contributed by atoms with E-state index in [0.29, 0.717) is 0 Å². The third-order valence-corrected chi connectivity index (χ3v) is 2.79. The fraction of sp³-hybridized carbons (Fsp3) is 0.571. The number of aryl methyl sites for hydroxylation is 2. The minimum atomic E-state index is 0.244. The maximum atomic E-state index is 5.71. The molecule has 90 valence electrons. The van der Waals surface area contributed by atoms with E-state index in [1.54, 1.807) is 0 Å². The van der Waals surface area contributed by atoms with E-state index in [9.17, 15) is 0 Å². The molecule has 0 N–H and O–H groups in total. The van der Waals surface area contributed by atoms with Crippen LogP contribution in [0.25, 0.3) is 0 Å². The van der Waals surface area contributed by atoms with E-state index in [0.717, 1.165) is 17.9 Å². The average Bonchev–Trinajstić information content (AvgIpc) is 2.22. The third kappa shape index (κ3) is 4.48. The Morgan fingerprint density at radius 3 is 2.56 bits per heavy atom. The van der Waals surface area contributed by atoms with E-state index < -0.39 is 0 Å². The van der Waals surface area contributed by atoms with Crippen LogP contribution in [-0.2, 0) is 6.42 Å². The number of rotatable bonds is 6. The van der Waals surface area contributed by atoms with E-state index >= 15 is 0 Å². The molecule has 0 aliphatic carbocycles. The van der Waals surface area contributed by atoms with Crippen LogP contribution in [0.5, 0.6) is 5.75 Å². The van der Waals surface area contributed by atoms with Crippen molar-refractivity contribution in [1.29, 1.82) is 0 Å². The molecule has 0 saturated heterocycles. The van der Waals surface area contributed by atoms with Crippen molar-refractivity contribution in [1.82, 2.24) is 0 Å². The van der Waals surface area contributed by atoms with Gasteiger partial charge in [-0.25, -0.2) is 0 Å². The van der Waals surface area contributed by atoms with Crippen molar-refractivity contribution in [2.24, 2.45) is 0 Å². The summed E-state index contributed by atoms with van der Waals surface area (Å²) in [5.41, 5.74) is 2.63. The quantitative estimate of drug-likeness (QED) is 0.581. The van der Waals surface area contributed by atoms with E-state index in [4.69, 9.17) is 4.74 Å². The standard InChI is InChI=1S/C14H22OS/c1-11(2)15-14-8-7-13(10-12(14)3)6-4-5-9-16/h7-8,10-11,16H,4-6,9H2,1-3H3. The lowest BCUT2D eigenvalue weighted by molar-refractivity contribution is 0.240. The molecule has 0 unspecified atom stereocenters. The van der Waals surface area contributed by atoms with Gasteiger partial charge in [0.25, 0.3) is 0 Å². The molecular weight excluding hydrogens is 216 g/mol. The van der Waals surface area contributed by atoms with Crippen molar-refractivity contribution in [3.8, 4) is 5.75 Å². The summed E-state index contributed by atoms with van der Waals surface area (Å²) in [6, 6.07) is 6.49. The summed E-state index contributed by atoms with van der Waals surface area (Å²) in [6.07, 6.45) is 3.79. The molecule has 0 atom stereocenters. The van der Waals surface area contributed by atoms with Gasteiger partial charge in [0.05, 0.1) is 6.10 Å². The molecule has 0 bridgehead atoms. The Hall–Kier alpha value is -0.630. The summed E-state index contributed by atoms with van der Waals surface area (Å²) in [6.45, 7) is 6.22. The highest BCUT2D eigenvalue weighted by Gasteiger charge is 2.03. The first-order chi connectivity index (χ1) is 7.63. The van der Waals surface area contributed by atoms with Gasteiger partial charge in [0.2, 0.25) is 0 Å². The van der Waals surface area contributed by atoms with Gasteiger partial charge in [0.1, 0.15) is 5.75 Å². The third-order valence-electron chi connectivity index (χ3n) is 2.48. The van der Waals surface area contributed by atoms with Crippen LogP contribution < -0.4 is 4.74 Å². The molecule has 0 amide bonds. The first-order valence-corrected chi connectivity index (χ1v) is 6.63. The largest absolute Gasteiger partial charge is 0.491 e. The van der Waals surface area contributed by atoms with Gasteiger partial charge in [-0.05, 0) is 63.0 Å². The highest BCUT2D eigenvalue weighted by atomic mass is 32.1. The molecule has 1 nitrogen and oxygen atoms in total. The number of hydrogen-bond donors (Lipinski definition) is 1. The van der Waals surface area contributed by atoms with E-state index in [-0.39, 0.29) is 6.10 Å². The molecule has 0 aromatic heterocycles. The Morgan fingerprint density at radius 1 is 1.25 bits per heavy atom.